The first-order valence-corrected chi connectivity index (χ1v) is 9.55. The number of nitrogens with one attached hydrogen (secondary N) is 2. The minimum absolute atomic E-state index is 0.249. The summed E-state index contributed by atoms with van der Waals surface area (Å²) >= 11 is 0. The maximum absolute atomic E-state index is 12.5. The maximum atomic E-state index is 12.5. The molecule has 0 bridgehead atoms. The van der Waals surface area contributed by atoms with Gasteiger partial charge in [0.15, 0.2) is 0 Å². The van der Waals surface area contributed by atoms with Crippen molar-refractivity contribution in [1.29, 1.82) is 0 Å². The molecule has 1 fully saturated rings. The van der Waals surface area contributed by atoms with Crippen LogP contribution in [0.1, 0.15) is 12.5 Å². The van der Waals surface area contributed by atoms with Crippen molar-refractivity contribution in [3.05, 3.63) is 48.3 Å². The van der Waals surface area contributed by atoms with Gasteiger partial charge in [-0.1, -0.05) is 18.2 Å². The van der Waals surface area contributed by atoms with E-state index in [9.17, 15) is 9.59 Å². The molecule has 3 rings (SSSR count). The Morgan fingerprint density at radius 3 is 2.48 bits per heavy atom. The first kappa shape index (κ1) is 20.4. The average molecular weight is 398 g/mol. The van der Waals surface area contributed by atoms with Crippen LogP contribution in [0.5, 0.6) is 5.75 Å². The second kappa shape index (κ2) is 9.72. The number of aromatic nitrogens is 2. The van der Waals surface area contributed by atoms with E-state index in [1.54, 1.807) is 37.4 Å². The lowest BCUT2D eigenvalue weighted by Gasteiger charge is -2.35. The first-order chi connectivity index (χ1) is 14.1. The quantitative estimate of drug-likeness (QED) is 0.754. The van der Waals surface area contributed by atoms with Gasteiger partial charge >= 0.3 is 6.03 Å². The van der Waals surface area contributed by atoms with Gasteiger partial charge in [-0.25, -0.2) is 14.8 Å². The number of benzene rings is 1. The number of rotatable bonds is 6. The monoisotopic (exact) mass is 398 g/mol. The summed E-state index contributed by atoms with van der Waals surface area (Å²) < 4.78 is 5.28. The van der Waals surface area contributed by atoms with E-state index < -0.39 is 6.04 Å². The van der Waals surface area contributed by atoms with E-state index >= 15 is 0 Å². The topological polar surface area (TPSA) is 99.7 Å². The third-order valence-electron chi connectivity index (χ3n) is 4.78. The number of urea groups is 1. The Balaban J connectivity index is 1.44. The van der Waals surface area contributed by atoms with Gasteiger partial charge in [0, 0.05) is 50.7 Å². The molecule has 1 aromatic heterocycles. The summed E-state index contributed by atoms with van der Waals surface area (Å²) in [5, 5.41) is 5.60. The number of amides is 3. The Labute approximate surface area is 170 Å². The van der Waals surface area contributed by atoms with Crippen molar-refractivity contribution in [1.82, 2.24) is 25.5 Å². The van der Waals surface area contributed by atoms with Crippen molar-refractivity contribution >= 4 is 17.9 Å². The van der Waals surface area contributed by atoms with E-state index in [1.165, 1.54) is 0 Å². The van der Waals surface area contributed by atoms with Crippen LogP contribution in [0.2, 0.25) is 0 Å². The van der Waals surface area contributed by atoms with Gasteiger partial charge < -0.3 is 25.2 Å². The summed E-state index contributed by atoms with van der Waals surface area (Å²) in [5.41, 5.74) is 0.876. The van der Waals surface area contributed by atoms with Crippen LogP contribution < -0.4 is 20.3 Å². The molecule has 1 unspecified atom stereocenters. The highest BCUT2D eigenvalue weighted by atomic mass is 16.5. The molecule has 9 heteroatoms. The van der Waals surface area contributed by atoms with E-state index in [4.69, 9.17) is 4.74 Å². The van der Waals surface area contributed by atoms with Crippen LogP contribution in [0.4, 0.5) is 10.7 Å². The van der Waals surface area contributed by atoms with Crippen molar-refractivity contribution in [3.8, 4) is 5.75 Å². The fourth-order valence-corrected chi connectivity index (χ4v) is 3.09. The van der Waals surface area contributed by atoms with Gasteiger partial charge in [0.2, 0.25) is 11.9 Å². The van der Waals surface area contributed by atoms with Gasteiger partial charge in [0.25, 0.3) is 0 Å². The molecule has 1 aliphatic heterocycles. The number of nitrogens with zero attached hydrogens (tertiary/aromatic N) is 4. The fraction of sp³-hybridized carbons (Fsp3) is 0.400. The van der Waals surface area contributed by atoms with E-state index in [2.05, 4.69) is 20.6 Å². The minimum Gasteiger partial charge on any atom is -0.496 e. The molecule has 1 aromatic carbocycles. The summed E-state index contributed by atoms with van der Waals surface area (Å²) in [6, 6.07) is 8.36. The first-order valence-electron chi connectivity index (χ1n) is 9.55. The average Bonchev–Trinajstić information content (AvgIpc) is 2.78. The summed E-state index contributed by atoms with van der Waals surface area (Å²) in [5.74, 6) is 1.13. The van der Waals surface area contributed by atoms with Gasteiger partial charge in [0.1, 0.15) is 11.8 Å². The lowest BCUT2D eigenvalue weighted by atomic mass is 10.2. The van der Waals surface area contributed by atoms with Crippen molar-refractivity contribution in [2.24, 2.45) is 0 Å². The smallest absolute Gasteiger partial charge is 0.318 e. The Morgan fingerprint density at radius 2 is 1.79 bits per heavy atom. The Hall–Kier alpha value is -3.36. The van der Waals surface area contributed by atoms with Gasteiger partial charge in [0.05, 0.1) is 7.11 Å². The van der Waals surface area contributed by atoms with Crippen molar-refractivity contribution in [2.45, 2.75) is 19.5 Å². The number of hydrogen-bond donors (Lipinski definition) is 2. The van der Waals surface area contributed by atoms with E-state index in [1.807, 2.05) is 29.2 Å². The molecule has 1 aliphatic rings. The second-order valence-corrected chi connectivity index (χ2v) is 6.72. The highest BCUT2D eigenvalue weighted by Gasteiger charge is 2.24. The molecule has 3 amide bonds. The van der Waals surface area contributed by atoms with E-state index in [0.717, 1.165) is 5.56 Å². The standard InChI is InChI=1S/C20H26N6O3/c1-15(18(27)23-14-16-6-3-4-7-17(16)29-2)24-20(28)26-12-10-25(11-13-26)19-21-8-5-9-22-19/h3-9,15H,10-14H2,1-2H3,(H,23,27)(H,24,28). The lowest BCUT2D eigenvalue weighted by molar-refractivity contribution is -0.122. The van der Waals surface area contributed by atoms with Crippen molar-refractivity contribution in [3.63, 3.8) is 0 Å². The number of anilines is 1. The molecule has 9 nitrogen and oxygen atoms in total. The van der Waals surface area contributed by atoms with E-state index in [0.29, 0.717) is 44.4 Å². The second-order valence-electron chi connectivity index (χ2n) is 6.72. The van der Waals surface area contributed by atoms with Gasteiger partial charge in [-0.2, -0.15) is 0 Å². The Kier molecular flexibility index (Phi) is 6.83. The number of carbonyl (C=O) groups is 2. The fourth-order valence-electron chi connectivity index (χ4n) is 3.09. The van der Waals surface area contributed by atoms with Gasteiger partial charge in [-0.3, -0.25) is 4.79 Å². The molecule has 2 aromatic rings. The van der Waals surface area contributed by atoms with Crippen molar-refractivity contribution < 1.29 is 14.3 Å². The molecule has 0 saturated carbocycles. The Morgan fingerprint density at radius 1 is 1.10 bits per heavy atom. The molecular weight excluding hydrogens is 372 g/mol. The highest BCUT2D eigenvalue weighted by molar-refractivity contribution is 5.86. The minimum atomic E-state index is -0.646. The molecule has 0 radical (unpaired) electrons. The van der Waals surface area contributed by atoms with Crippen LogP contribution >= 0.6 is 0 Å². The summed E-state index contributed by atoms with van der Waals surface area (Å²) in [7, 11) is 1.59. The van der Waals surface area contributed by atoms with Crippen LogP contribution in [0.3, 0.4) is 0 Å². The third-order valence-corrected chi connectivity index (χ3v) is 4.78. The molecular formula is C20H26N6O3. The van der Waals surface area contributed by atoms with Crippen LogP contribution in [-0.2, 0) is 11.3 Å². The zero-order chi connectivity index (χ0) is 20.6. The number of para-hydroxylation sites is 1. The van der Waals surface area contributed by atoms with Gasteiger partial charge in [-0.15, -0.1) is 0 Å². The molecule has 2 N–H and O–H groups in total. The number of hydrogen-bond acceptors (Lipinski definition) is 6. The normalized spacial score (nSPS) is 14.8. The summed E-state index contributed by atoms with van der Waals surface area (Å²) in [6.45, 7) is 4.37. The third kappa shape index (κ3) is 5.34. The molecule has 29 heavy (non-hydrogen) atoms. The molecule has 1 saturated heterocycles. The largest absolute Gasteiger partial charge is 0.496 e. The number of methoxy groups -OCH3 is 1. The number of ether oxygens (including phenoxy) is 1. The highest BCUT2D eigenvalue weighted by Crippen LogP contribution is 2.16. The maximum Gasteiger partial charge on any atom is 0.318 e. The van der Waals surface area contributed by atoms with Crippen molar-refractivity contribution in [2.75, 3.05) is 38.2 Å². The zero-order valence-electron chi connectivity index (χ0n) is 16.7. The van der Waals surface area contributed by atoms with Crippen LogP contribution in [-0.4, -0.2) is 66.1 Å². The predicted octanol–water partition coefficient (Wildman–Crippen LogP) is 1.02. The molecule has 154 valence electrons. The zero-order valence-corrected chi connectivity index (χ0v) is 16.7. The van der Waals surface area contributed by atoms with Crippen LogP contribution in [0.15, 0.2) is 42.7 Å². The van der Waals surface area contributed by atoms with E-state index in [-0.39, 0.29) is 11.9 Å². The summed E-state index contributed by atoms with van der Waals surface area (Å²) in [6.07, 6.45) is 3.40. The number of piperazine rings is 1. The summed E-state index contributed by atoms with van der Waals surface area (Å²) in [4.78, 5) is 37.1. The van der Waals surface area contributed by atoms with Crippen LogP contribution in [0, 0.1) is 0 Å². The molecule has 1 atom stereocenters. The Bertz CT molecular complexity index is 824. The predicted molar refractivity (Wildman–Crippen MR) is 109 cm³/mol. The SMILES string of the molecule is COc1ccccc1CNC(=O)C(C)NC(=O)N1CCN(c2ncccn2)CC1. The molecule has 0 aliphatic carbocycles. The van der Waals surface area contributed by atoms with Gasteiger partial charge in [-0.05, 0) is 19.1 Å². The molecule has 0 spiro atoms. The van der Waals surface area contributed by atoms with Crippen LogP contribution in [0.25, 0.3) is 0 Å². The lowest BCUT2D eigenvalue weighted by Crippen LogP contribution is -2.55. The number of carbonyl (C=O) groups excluding carboxylic acids is 2. The molecule has 2 heterocycles.